The van der Waals surface area contributed by atoms with Gasteiger partial charge in [0.2, 0.25) is 6.79 Å². The van der Waals surface area contributed by atoms with Crippen LogP contribution in [-0.4, -0.2) is 25.2 Å². The second-order valence-electron chi connectivity index (χ2n) is 5.23. The SMILES string of the molecule is O=C(/C=C/c1cc(Cl)c2c(c1)OCO2)OCC(=O)c1ccc(F)c(F)c1. The average molecular weight is 381 g/mol. The van der Waals surface area contributed by atoms with Gasteiger partial charge in [0.05, 0.1) is 5.02 Å². The summed E-state index contributed by atoms with van der Waals surface area (Å²) in [7, 11) is 0. The van der Waals surface area contributed by atoms with Gasteiger partial charge in [-0.2, -0.15) is 0 Å². The summed E-state index contributed by atoms with van der Waals surface area (Å²) in [5, 5.41) is 0.335. The van der Waals surface area contributed by atoms with Crippen LogP contribution >= 0.6 is 11.6 Å². The van der Waals surface area contributed by atoms with Gasteiger partial charge in [-0.3, -0.25) is 4.79 Å². The largest absolute Gasteiger partial charge is 0.454 e. The molecule has 1 aliphatic heterocycles. The minimum atomic E-state index is -1.15. The first-order valence-corrected chi connectivity index (χ1v) is 7.74. The number of benzene rings is 2. The molecule has 2 aromatic carbocycles. The maximum atomic E-state index is 13.1. The number of rotatable bonds is 5. The Morgan fingerprint density at radius 1 is 1.15 bits per heavy atom. The van der Waals surface area contributed by atoms with Gasteiger partial charge in [0.1, 0.15) is 0 Å². The van der Waals surface area contributed by atoms with Crippen molar-refractivity contribution in [1.29, 1.82) is 0 Å². The zero-order chi connectivity index (χ0) is 18.7. The minimum Gasteiger partial charge on any atom is -0.454 e. The summed E-state index contributed by atoms with van der Waals surface area (Å²) in [6, 6.07) is 5.89. The Kier molecular flexibility index (Phi) is 5.18. The monoisotopic (exact) mass is 380 g/mol. The lowest BCUT2D eigenvalue weighted by atomic mass is 10.1. The van der Waals surface area contributed by atoms with Gasteiger partial charge in [0.25, 0.3) is 0 Å². The average Bonchev–Trinajstić information content (AvgIpc) is 3.09. The maximum absolute atomic E-state index is 13.1. The minimum absolute atomic E-state index is 0.0658. The number of esters is 1. The molecule has 2 aromatic rings. The van der Waals surface area contributed by atoms with Gasteiger partial charge in [-0.15, -0.1) is 0 Å². The van der Waals surface area contributed by atoms with Crippen molar-refractivity contribution in [2.75, 3.05) is 13.4 Å². The van der Waals surface area contributed by atoms with Crippen LogP contribution in [0.5, 0.6) is 11.5 Å². The van der Waals surface area contributed by atoms with E-state index in [2.05, 4.69) is 0 Å². The first-order chi connectivity index (χ1) is 12.4. The number of hydrogen-bond donors (Lipinski definition) is 0. The lowest BCUT2D eigenvalue weighted by Gasteiger charge is -2.03. The summed E-state index contributed by atoms with van der Waals surface area (Å²) in [5.74, 6) is -2.76. The first kappa shape index (κ1) is 17.9. The highest BCUT2D eigenvalue weighted by Gasteiger charge is 2.17. The van der Waals surface area contributed by atoms with Gasteiger partial charge in [-0.25, -0.2) is 13.6 Å². The predicted molar refractivity (Wildman–Crippen MR) is 88.3 cm³/mol. The second-order valence-corrected chi connectivity index (χ2v) is 5.64. The highest BCUT2D eigenvalue weighted by Crippen LogP contribution is 2.40. The summed E-state index contributed by atoms with van der Waals surface area (Å²) in [4.78, 5) is 23.5. The number of carbonyl (C=O) groups excluding carboxylic acids is 2. The normalized spacial score (nSPS) is 12.4. The zero-order valence-corrected chi connectivity index (χ0v) is 13.9. The number of ether oxygens (including phenoxy) is 3. The molecule has 0 amide bonds. The summed E-state index contributed by atoms with van der Waals surface area (Å²) >= 11 is 6.03. The molecule has 1 aliphatic rings. The lowest BCUT2D eigenvalue weighted by Crippen LogP contribution is -2.13. The molecule has 8 heteroatoms. The molecule has 0 bridgehead atoms. The van der Waals surface area contributed by atoms with Crippen molar-refractivity contribution in [3.05, 3.63) is 64.2 Å². The van der Waals surface area contributed by atoms with E-state index in [9.17, 15) is 18.4 Å². The van der Waals surface area contributed by atoms with Crippen molar-refractivity contribution < 1.29 is 32.6 Å². The predicted octanol–water partition coefficient (Wildman–Crippen LogP) is 3.79. The third-order valence-electron chi connectivity index (χ3n) is 3.45. The van der Waals surface area contributed by atoms with Crippen LogP contribution in [0.25, 0.3) is 6.08 Å². The fourth-order valence-electron chi connectivity index (χ4n) is 2.19. The number of fused-ring (bicyclic) bond motifs is 1. The van der Waals surface area contributed by atoms with Gasteiger partial charge in [-0.05, 0) is 42.0 Å². The second kappa shape index (κ2) is 7.53. The summed E-state index contributed by atoms with van der Waals surface area (Å²) in [6.45, 7) is -0.535. The van der Waals surface area contributed by atoms with Crippen LogP contribution < -0.4 is 9.47 Å². The van der Waals surface area contributed by atoms with Crippen LogP contribution in [0, 0.1) is 11.6 Å². The third-order valence-corrected chi connectivity index (χ3v) is 3.73. The number of hydrogen-bond acceptors (Lipinski definition) is 5. The van der Waals surface area contributed by atoms with Gasteiger partial charge >= 0.3 is 5.97 Å². The fourth-order valence-corrected chi connectivity index (χ4v) is 2.46. The topological polar surface area (TPSA) is 61.8 Å². The van der Waals surface area contributed by atoms with Gasteiger partial charge in [0.15, 0.2) is 35.5 Å². The number of halogens is 3. The highest BCUT2D eigenvalue weighted by molar-refractivity contribution is 6.32. The van der Waals surface area contributed by atoms with Crippen LogP contribution in [0.4, 0.5) is 8.78 Å². The molecule has 0 N–H and O–H groups in total. The van der Waals surface area contributed by atoms with Gasteiger partial charge in [-0.1, -0.05) is 11.6 Å². The molecule has 0 saturated heterocycles. The number of carbonyl (C=O) groups is 2. The van der Waals surface area contributed by atoms with E-state index in [1.165, 1.54) is 6.08 Å². The summed E-state index contributed by atoms with van der Waals surface area (Å²) in [5.41, 5.74) is 0.478. The number of Topliss-reactive ketones (excluding diaryl/α,β-unsaturated/α-hetero) is 1. The molecule has 3 rings (SSSR count). The number of ketones is 1. The van der Waals surface area contributed by atoms with E-state index in [4.69, 9.17) is 25.8 Å². The van der Waals surface area contributed by atoms with Crippen molar-refractivity contribution in [3.63, 3.8) is 0 Å². The fraction of sp³-hybridized carbons (Fsp3) is 0.111. The smallest absolute Gasteiger partial charge is 0.331 e. The van der Waals surface area contributed by atoms with Crippen LogP contribution in [-0.2, 0) is 9.53 Å². The van der Waals surface area contributed by atoms with Crippen molar-refractivity contribution in [1.82, 2.24) is 0 Å². The Balaban J connectivity index is 1.59. The van der Waals surface area contributed by atoms with Crippen molar-refractivity contribution >= 4 is 29.4 Å². The Morgan fingerprint density at radius 2 is 1.96 bits per heavy atom. The standard InChI is InChI=1S/C18H11ClF2O5/c19-12-5-10(6-16-18(12)26-9-25-16)1-4-17(23)24-8-15(22)11-2-3-13(20)14(21)7-11/h1-7H,8-9H2/b4-1+. The molecule has 1 heterocycles. The van der Waals surface area contributed by atoms with Crippen LogP contribution in [0.2, 0.25) is 5.02 Å². The van der Waals surface area contributed by atoms with Crippen LogP contribution in [0.3, 0.4) is 0 Å². The lowest BCUT2D eigenvalue weighted by molar-refractivity contribution is -0.136. The summed E-state index contributed by atoms with van der Waals surface area (Å²) < 4.78 is 41.1. The van der Waals surface area contributed by atoms with Gasteiger partial charge in [0, 0.05) is 11.6 Å². The molecule has 5 nitrogen and oxygen atoms in total. The molecule has 0 saturated carbocycles. The Morgan fingerprint density at radius 3 is 2.73 bits per heavy atom. The van der Waals surface area contributed by atoms with E-state index in [0.29, 0.717) is 22.1 Å². The molecular weight excluding hydrogens is 370 g/mol. The van der Waals surface area contributed by atoms with E-state index in [1.807, 2.05) is 0 Å². The molecular formula is C18H11ClF2O5. The van der Waals surface area contributed by atoms with Crippen molar-refractivity contribution in [2.24, 2.45) is 0 Å². The molecule has 0 atom stereocenters. The Labute approximate surface area is 151 Å². The maximum Gasteiger partial charge on any atom is 0.331 e. The summed E-state index contributed by atoms with van der Waals surface area (Å²) in [6.07, 6.45) is 2.53. The van der Waals surface area contributed by atoms with Crippen LogP contribution in [0.1, 0.15) is 15.9 Å². The highest BCUT2D eigenvalue weighted by atomic mass is 35.5. The molecule has 134 valence electrons. The van der Waals surface area contributed by atoms with E-state index >= 15 is 0 Å². The molecule has 0 fully saturated rings. The Bertz CT molecular complexity index is 911. The zero-order valence-electron chi connectivity index (χ0n) is 13.1. The van der Waals surface area contributed by atoms with E-state index in [1.54, 1.807) is 12.1 Å². The van der Waals surface area contributed by atoms with E-state index < -0.39 is 30.0 Å². The molecule has 0 spiro atoms. The van der Waals surface area contributed by atoms with Gasteiger partial charge < -0.3 is 14.2 Å². The molecule has 0 radical (unpaired) electrons. The van der Waals surface area contributed by atoms with E-state index in [-0.39, 0.29) is 12.4 Å². The molecule has 0 aliphatic carbocycles. The molecule has 26 heavy (non-hydrogen) atoms. The van der Waals surface area contributed by atoms with Crippen LogP contribution in [0.15, 0.2) is 36.4 Å². The molecule has 0 unspecified atom stereocenters. The first-order valence-electron chi connectivity index (χ1n) is 7.36. The van der Waals surface area contributed by atoms with E-state index in [0.717, 1.165) is 24.3 Å². The quantitative estimate of drug-likeness (QED) is 0.449. The third kappa shape index (κ3) is 4.00. The van der Waals surface area contributed by atoms with Crippen molar-refractivity contribution in [2.45, 2.75) is 0 Å². The van der Waals surface area contributed by atoms with Crippen molar-refractivity contribution in [3.8, 4) is 11.5 Å². The Hall–Kier alpha value is -2.93. The molecule has 0 aromatic heterocycles.